The third-order valence-electron chi connectivity index (χ3n) is 8.22. The predicted molar refractivity (Wildman–Crippen MR) is 167 cm³/mol. The minimum absolute atomic E-state index is 0.182. The van der Waals surface area contributed by atoms with E-state index in [9.17, 15) is 9.59 Å². The topological polar surface area (TPSA) is 90.0 Å². The third-order valence-corrected chi connectivity index (χ3v) is 8.22. The van der Waals surface area contributed by atoms with Gasteiger partial charge >= 0.3 is 12.1 Å². The Balaban J connectivity index is 1.16. The molecule has 0 radical (unpaired) electrons. The number of amides is 1. The molecule has 1 saturated heterocycles. The van der Waals surface area contributed by atoms with Crippen LogP contribution >= 0.6 is 0 Å². The van der Waals surface area contributed by atoms with Crippen LogP contribution in [0.4, 0.5) is 10.5 Å². The van der Waals surface area contributed by atoms with Crippen LogP contribution in [0.1, 0.15) is 40.8 Å². The Morgan fingerprint density at radius 3 is 2.39 bits per heavy atom. The van der Waals surface area contributed by atoms with Gasteiger partial charge in [0.25, 0.3) is 0 Å². The van der Waals surface area contributed by atoms with Crippen LogP contribution in [-0.2, 0) is 46.9 Å². The van der Waals surface area contributed by atoms with Gasteiger partial charge in [0.2, 0.25) is 0 Å². The van der Waals surface area contributed by atoms with Gasteiger partial charge in [-0.2, -0.15) is 0 Å². The molecule has 1 amide bonds. The minimum Gasteiger partial charge on any atom is -0.469 e. The van der Waals surface area contributed by atoms with E-state index in [-0.39, 0.29) is 12.6 Å². The maximum Gasteiger partial charge on any atom is 0.407 e. The molecule has 0 aliphatic carbocycles. The molecule has 1 N–H and O–H groups in total. The van der Waals surface area contributed by atoms with Crippen molar-refractivity contribution in [2.24, 2.45) is 5.41 Å². The van der Waals surface area contributed by atoms with Crippen molar-refractivity contribution in [3.63, 3.8) is 0 Å². The molecule has 0 bridgehead atoms. The van der Waals surface area contributed by atoms with E-state index >= 15 is 0 Å². The zero-order valence-corrected chi connectivity index (χ0v) is 24.9. The molecule has 1 aliphatic rings. The number of esters is 1. The first-order valence-electron chi connectivity index (χ1n) is 14.7. The van der Waals surface area contributed by atoms with Crippen molar-refractivity contribution in [1.29, 1.82) is 0 Å². The molecule has 2 heterocycles. The first-order chi connectivity index (χ1) is 21.5. The summed E-state index contributed by atoms with van der Waals surface area (Å²) in [5.41, 5.74) is 5.13. The lowest BCUT2D eigenvalue weighted by atomic mass is 9.73. The van der Waals surface area contributed by atoms with Crippen LogP contribution in [0, 0.1) is 12.0 Å². The number of nitrogens with one attached hydrogen (secondary N) is 1. The summed E-state index contributed by atoms with van der Waals surface area (Å²) in [7, 11) is 1.46. The van der Waals surface area contributed by atoms with Crippen molar-refractivity contribution in [2.45, 2.75) is 45.5 Å². The summed E-state index contributed by atoms with van der Waals surface area (Å²) in [6, 6.07) is 25.2. The molecule has 0 spiro atoms. The zero-order chi connectivity index (χ0) is 30.8. The fourth-order valence-corrected chi connectivity index (χ4v) is 5.72. The van der Waals surface area contributed by atoms with E-state index < -0.39 is 11.5 Å². The quantitative estimate of drug-likeness (QED) is 0.172. The minimum atomic E-state index is -0.614. The molecule has 4 aromatic rings. The number of aromatic nitrogens is 2. The summed E-state index contributed by atoms with van der Waals surface area (Å²) in [6.45, 7) is 10.6. The molecule has 1 fully saturated rings. The molecule has 9 nitrogen and oxygen atoms in total. The number of ether oxygens (including phenoxy) is 2. The van der Waals surface area contributed by atoms with Gasteiger partial charge in [0.05, 0.1) is 31.1 Å². The number of imidazole rings is 1. The second kappa shape index (κ2) is 14.5. The smallest absolute Gasteiger partial charge is 0.407 e. The Kier molecular flexibility index (Phi) is 10.1. The number of rotatable bonds is 11. The first-order valence-corrected chi connectivity index (χ1v) is 14.7. The largest absolute Gasteiger partial charge is 0.469 e. The van der Waals surface area contributed by atoms with Gasteiger partial charge in [-0.1, -0.05) is 78.9 Å². The lowest BCUT2D eigenvalue weighted by Crippen LogP contribution is -2.46. The lowest BCUT2D eigenvalue weighted by Gasteiger charge is -2.40. The second-order valence-electron chi connectivity index (χ2n) is 11.3. The third kappa shape index (κ3) is 7.91. The average Bonchev–Trinajstić information content (AvgIpc) is 3.50. The molecular weight excluding hydrogens is 554 g/mol. The zero-order valence-electron chi connectivity index (χ0n) is 24.9. The van der Waals surface area contributed by atoms with E-state index in [2.05, 4.69) is 24.6 Å². The van der Waals surface area contributed by atoms with Crippen molar-refractivity contribution < 1.29 is 19.1 Å². The van der Waals surface area contributed by atoms with Gasteiger partial charge in [0, 0.05) is 25.8 Å². The number of benzene rings is 3. The van der Waals surface area contributed by atoms with Gasteiger partial charge in [0.1, 0.15) is 6.61 Å². The van der Waals surface area contributed by atoms with Crippen LogP contribution in [-0.4, -0.2) is 46.7 Å². The summed E-state index contributed by atoms with van der Waals surface area (Å²) < 4.78 is 12.8. The van der Waals surface area contributed by atoms with E-state index in [1.54, 1.807) is 0 Å². The van der Waals surface area contributed by atoms with Gasteiger partial charge in [0.15, 0.2) is 5.69 Å². The summed E-state index contributed by atoms with van der Waals surface area (Å²) in [5, 5.41) is 2.82. The van der Waals surface area contributed by atoms with E-state index in [4.69, 9.17) is 16.0 Å². The molecule has 1 aliphatic heterocycles. The van der Waals surface area contributed by atoms with Gasteiger partial charge < -0.3 is 19.4 Å². The molecule has 226 valence electrons. The van der Waals surface area contributed by atoms with Crippen LogP contribution in [0.5, 0.6) is 0 Å². The number of alkyl carbamates (subject to hydrolysis) is 1. The summed E-state index contributed by atoms with van der Waals surface area (Å²) in [6.07, 6.45) is 5.19. The summed E-state index contributed by atoms with van der Waals surface area (Å²) >= 11 is 0. The Bertz CT molecular complexity index is 1590. The van der Waals surface area contributed by atoms with Crippen molar-refractivity contribution in [3.05, 3.63) is 131 Å². The molecular formula is C35H37N5O4. The molecule has 0 atom stereocenters. The van der Waals surface area contributed by atoms with Crippen LogP contribution in [0.3, 0.4) is 0 Å². The maximum atomic E-state index is 13.2. The van der Waals surface area contributed by atoms with Crippen LogP contribution in [0.15, 0.2) is 91.4 Å². The Morgan fingerprint density at radius 2 is 1.66 bits per heavy atom. The Hall–Kier alpha value is -4.94. The molecule has 44 heavy (non-hydrogen) atoms. The number of hydrogen-bond acceptors (Lipinski definition) is 6. The standard InChI is InChI=1S/C35H37N5O4/c1-36-31-13-11-27(12-14-31)23-40-26-37-22-32(40)24-39-17-15-35(16-18-39,33(41)43-2)20-29-9-6-10-30(19-29)21-38-34(42)44-25-28-7-4-3-5-8-28/h3-14,19,22,26H,15-18,20-21,23-25H2,2H3,(H,38,42). The highest BCUT2D eigenvalue weighted by Crippen LogP contribution is 2.37. The number of nitrogens with zero attached hydrogens (tertiary/aromatic N) is 4. The monoisotopic (exact) mass is 591 g/mol. The Labute approximate surface area is 258 Å². The van der Waals surface area contributed by atoms with E-state index in [1.165, 1.54) is 7.11 Å². The maximum absolute atomic E-state index is 13.2. The molecule has 9 heteroatoms. The summed E-state index contributed by atoms with van der Waals surface area (Å²) in [5.74, 6) is -0.182. The van der Waals surface area contributed by atoms with Crippen molar-refractivity contribution in [1.82, 2.24) is 19.8 Å². The van der Waals surface area contributed by atoms with Crippen LogP contribution in [0.2, 0.25) is 0 Å². The molecule has 3 aromatic carbocycles. The molecule has 5 rings (SSSR count). The van der Waals surface area contributed by atoms with E-state index in [0.29, 0.717) is 38.0 Å². The van der Waals surface area contributed by atoms with Crippen LogP contribution < -0.4 is 5.32 Å². The lowest BCUT2D eigenvalue weighted by molar-refractivity contribution is -0.156. The highest BCUT2D eigenvalue weighted by Gasteiger charge is 2.42. The van der Waals surface area contributed by atoms with Crippen molar-refractivity contribution in [3.8, 4) is 0 Å². The number of methoxy groups -OCH3 is 1. The SMILES string of the molecule is [C-]#[N+]c1ccc(Cn2cncc2CN2CCC(Cc3cccc(CNC(=O)OCc4ccccc4)c3)(C(=O)OC)CC2)cc1. The molecule has 1 aromatic heterocycles. The van der Waals surface area contributed by atoms with Gasteiger partial charge in [-0.15, -0.1) is 0 Å². The number of carbonyl (C=O) groups is 2. The molecule has 0 unspecified atom stereocenters. The van der Waals surface area contributed by atoms with E-state index in [1.807, 2.05) is 91.4 Å². The van der Waals surface area contributed by atoms with Gasteiger partial charge in [-0.3, -0.25) is 9.69 Å². The van der Waals surface area contributed by atoms with Crippen LogP contribution in [0.25, 0.3) is 4.85 Å². The number of piperidine rings is 1. The fraction of sp³-hybridized carbons (Fsp3) is 0.314. The Morgan fingerprint density at radius 1 is 0.932 bits per heavy atom. The van der Waals surface area contributed by atoms with E-state index in [0.717, 1.165) is 47.6 Å². The predicted octanol–water partition coefficient (Wildman–Crippen LogP) is 5.91. The fourth-order valence-electron chi connectivity index (χ4n) is 5.72. The normalized spacial score (nSPS) is 14.4. The van der Waals surface area contributed by atoms with Gasteiger partial charge in [-0.25, -0.2) is 14.6 Å². The number of likely N-dealkylation sites (tertiary alicyclic amines) is 1. The highest BCUT2D eigenvalue weighted by atomic mass is 16.5. The number of hydrogen-bond donors (Lipinski definition) is 1. The van der Waals surface area contributed by atoms with Crippen molar-refractivity contribution >= 4 is 17.7 Å². The second-order valence-corrected chi connectivity index (χ2v) is 11.3. The van der Waals surface area contributed by atoms with Crippen molar-refractivity contribution in [2.75, 3.05) is 20.2 Å². The average molecular weight is 592 g/mol. The van der Waals surface area contributed by atoms with Gasteiger partial charge in [-0.05, 0) is 54.6 Å². The molecule has 0 saturated carbocycles. The summed E-state index contributed by atoms with van der Waals surface area (Å²) in [4.78, 5) is 35.6. The highest BCUT2D eigenvalue weighted by molar-refractivity contribution is 5.77. The first kappa shape index (κ1) is 30.5. The number of carbonyl (C=O) groups excluding carboxylic acids is 2.